The fourth-order valence-electron chi connectivity index (χ4n) is 2.66. The molecule has 0 fully saturated rings. The first-order valence-electron chi connectivity index (χ1n) is 8.58. The molecule has 8 nitrogen and oxygen atoms in total. The average Bonchev–Trinajstić information content (AvgIpc) is 3.38. The van der Waals surface area contributed by atoms with Crippen molar-refractivity contribution in [2.24, 2.45) is 0 Å². The Bertz CT molecular complexity index is 1040. The summed E-state index contributed by atoms with van der Waals surface area (Å²) in [7, 11) is 1.57. The summed E-state index contributed by atoms with van der Waals surface area (Å²) in [5.74, 6) is 1.66. The summed E-state index contributed by atoms with van der Waals surface area (Å²) in [4.78, 5) is 0. The predicted molar refractivity (Wildman–Crippen MR) is 98.0 cm³/mol. The molecule has 0 N–H and O–H groups in total. The van der Waals surface area contributed by atoms with E-state index in [2.05, 4.69) is 25.5 Å². The van der Waals surface area contributed by atoms with Crippen LogP contribution in [0.2, 0.25) is 0 Å². The van der Waals surface area contributed by atoms with E-state index < -0.39 is 0 Å². The van der Waals surface area contributed by atoms with Crippen LogP contribution in [0.3, 0.4) is 0 Å². The average molecular weight is 362 g/mol. The van der Waals surface area contributed by atoms with Crippen molar-refractivity contribution in [1.82, 2.24) is 30.2 Å². The maximum atomic E-state index is 5.54. The minimum atomic E-state index is 0.441. The largest absolute Gasteiger partial charge is 0.480 e. The number of hydrogen-bond donors (Lipinski definition) is 0. The van der Waals surface area contributed by atoms with Crippen molar-refractivity contribution < 1.29 is 9.15 Å². The third kappa shape index (κ3) is 3.69. The SMILES string of the molecule is CCc1nnc(Cn2ccc(-c3cccc(-c4ccc(OC)nn4)c3)n2)o1. The van der Waals surface area contributed by atoms with Crippen molar-refractivity contribution in [3.8, 4) is 28.4 Å². The second-order valence-corrected chi connectivity index (χ2v) is 5.88. The van der Waals surface area contributed by atoms with Gasteiger partial charge in [0.1, 0.15) is 6.54 Å². The van der Waals surface area contributed by atoms with Crippen LogP contribution in [0.5, 0.6) is 5.88 Å². The number of nitrogens with zero attached hydrogens (tertiary/aromatic N) is 6. The van der Waals surface area contributed by atoms with E-state index in [1.54, 1.807) is 17.9 Å². The lowest BCUT2D eigenvalue weighted by molar-refractivity contribution is 0.392. The maximum Gasteiger partial charge on any atom is 0.237 e. The van der Waals surface area contributed by atoms with Gasteiger partial charge in [0.2, 0.25) is 17.7 Å². The van der Waals surface area contributed by atoms with Gasteiger partial charge in [-0.05, 0) is 18.2 Å². The molecule has 0 radical (unpaired) electrons. The first-order chi connectivity index (χ1) is 13.2. The van der Waals surface area contributed by atoms with Gasteiger partial charge in [0.25, 0.3) is 0 Å². The van der Waals surface area contributed by atoms with Crippen LogP contribution in [0.1, 0.15) is 18.7 Å². The molecule has 0 unspecified atom stereocenters. The van der Waals surface area contributed by atoms with E-state index in [0.29, 0.717) is 24.2 Å². The molecule has 4 aromatic rings. The van der Waals surface area contributed by atoms with E-state index in [1.165, 1.54) is 0 Å². The molecular weight excluding hydrogens is 344 g/mol. The lowest BCUT2D eigenvalue weighted by Gasteiger charge is -2.04. The van der Waals surface area contributed by atoms with E-state index in [-0.39, 0.29) is 0 Å². The third-order valence-electron chi connectivity index (χ3n) is 4.05. The summed E-state index contributed by atoms with van der Waals surface area (Å²) in [6.45, 7) is 2.42. The van der Waals surface area contributed by atoms with Gasteiger partial charge in [-0.2, -0.15) is 5.10 Å². The van der Waals surface area contributed by atoms with E-state index in [4.69, 9.17) is 9.15 Å². The molecule has 0 aliphatic heterocycles. The topological polar surface area (TPSA) is 91.8 Å². The van der Waals surface area contributed by atoms with Crippen molar-refractivity contribution >= 4 is 0 Å². The standard InChI is InChI=1S/C19H18N6O2/c1-3-17-21-23-19(27-17)12-25-10-9-16(24-25)14-6-4-5-13(11-14)15-7-8-18(26-2)22-20-15/h4-11H,3,12H2,1-2H3. The van der Waals surface area contributed by atoms with Gasteiger partial charge in [0.15, 0.2) is 0 Å². The summed E-state index contributed by atoms with van der Waals surface area (Å²) in [6.07, 6.45) is 2.61. The molecule has 8 heteroatoms. The molecule has 27 heavy (non-hydrogen) atoms. The van der Waals surface area contributed by atoms with Gasteiger partial charge in [0, 0.05) is 29.8 Å². The van der Waals surface area contributed by atoms with Crippen LogP contribution in [0, 0.1) is 0 Å². The minimum absolute atomic E-state index is 0.441. The molecule has 4 rings (SSSR count). The fourth-order valence-corrected chi connectivity index (χ4v) is 2.66. The summed E-state index contributed by atoms with van der Waals surface area (Å²) in [5, 5.41) is 20.8. The number of aromatic nitrogens is 6. The Hall–Kier alpha value is -3.55. The van der Waals surface area contributed by atoms with Gasteiger partial charge < -0.3 is 9.15 Å². The molecule has 0 aliphatic carbocycles. The second kappa shape index (κ2) is 7.36. The predicted octanol–water partition coefficient (Wildman–Crippen LogP) is 3.01. The van der Waals surface area contributed by atoms with Crippen LogP contribution in [-0.2, 0) is 13.0 Å². The molecule has 0 saturated heterocycles. The molecule has 3 heterocycles. The lowest BCUT2D eigenvalue weighted by Crippen LogP contribution is -2.00. The highest BCUT2D eigenvalue weighted by Gasteiger charge is 2.09. The molecule has 0 aliphatic rings. The number of benzene rings is 1. The normalized spacial score (nSPS) is 10.9. The molecule has 136 valence electrons. The van der Waals surface area contributed by atoms with E-state index in [0.717, 1.165) is 28.9 Å². The van der Waals surface area contributed by atoms with Crippen LogP contribution in [-0.4, -0.2) is 37.3 Å². The van der Waals surface area contributed by atoms with E-state index in [9.17, 15) is 0 Å². The van der Waals surface area contributed by atoms with Crippen LogP contribution in [0.25, 0.3) is 22.5 Å². The molecule has 0 atom stereocenters. The quantitative estimate of drug-likeness (QED) is 0.520. The zero-order chi connectivity index (χ0) is 18.6. The third-order valence-corrected chi connectivity index (χ3v) is 4.05. The minimum Gasteiger partial charge on any atom is -0.480 e. The zero-order valence-corrected chi connectivity index (χ0v) is 15.0. The summed E-state index contributed by atoms with van der Waals surface area (Å²) in [6, 6.07) is 13.6. The second-order valence-electron chi connectivity index (χ2n) is 5.88. The Morgan fingerprint density at radius 1 is 0.926 bits per heavy atom. The molecule has 1 aromatic carbocycles. The van der Waals surface area contributed by atoms with Crippen molar-refractivity contribution in [3.63, 3.8) is 0 Å². The fraction of sp³-hybridized carbons (Fsp3) is 0.211. The monoisotopic (exact) mass is 362 g/mol. The number of aryl methyl sites for hydroxylation is 1. The summed E-state index contributed by atoms with van der Waals surface area (Å²) >= 11 is 0. The highest BCUT2D eigenvalue weighted by Crippen LogP contribution is 2.24. The van der Waals surface area contributed by atoms with Crippen molar-refractivity contribution in [3.05, 3.63) is 60.4 Å². The highest BCUT2D eigenvalue weighted by molar-refractivity contribution is 5.69. The maximum absolute atomic E-state index is 5.54. The van der Waals surface area contributed by atoms with Crippen molar-refractivity contribution in [1.29, 1.82) is 0 Å². The van der Waals surface area contributed by atoms with E-state index in [1.807, 2.05) is 49.5 Å². The van der Waals surface area contributed by atoms with Gasteiger partial charge in [-0.15, -0.1) is 20.4 Å². The van der Waals surface area contributed by atoms with Crippen LogP contribution < -0.4 is 4.74 Å². The Morgan fingerprint density at radius 3 is 2.44 bits per heavy atom. The Balaban J connectivity index is 1.55. The Morgan fingerprint density at radius 2 is 1.74 bits per heavy atom. The number of methoxy groups -OCH3 is 1. The molecule has 0 amide bonds. The number of hydrogen-bond acceptors (Lipinski definition) is 7. The Labute approximate surface area is 155 Å². The lowest BCUT2D eigenvalue weighted by atomic mass is 10.1. The summed E-state index contributed by atoms with van der Waals surface area (Å²) in [5.41, 5.74) is 3.58. The highest BCUT2D eigenvalue weighted by atomic mass is 16.5. The first-order valence-corrected chi connectivity index (χ1v) is 8.58. The van der Waals surface area contributed by atoms with Gasteiger partial charge in [-0.3, -0.25) is 4.68 Å². The Kier molecular flexibility index (Phi) is 4.61. The zero-order valence-electron chi connectivity index (χ0n) is 15.0. The molecule has 0 spiro atoms. The molecule has 3 aromatic heterocycles. The molecular formula is C19H18N6O2. The van der Waals surface area contributed by atoms with Gasteiger partial charge in [-0.1, -0.05) is 25.1 Å². The van der Waals surface area contributed by atoms with Crippen LogP contribution in [0.15, 0.2) is 53.1 Å². The van der Waals surface area contributed by atoms with Crippen molar-refractivity contribution in [2.45, 2.75) is 19.9 Å². The van der Waals surface area contributed by atoms with Gasteiger partial charge in [-0.25, -0.2) is 0 Å². The van der Waals surface area contributed by atoms with Gasteiger partial charge in [0.05, 0.1) is 18.5 Å². The van der Waals surface area contributed by atoms with Crippen LogP contribution >= 0.6 is 0 Å². The molecule has 0 bridgehead atoms. The van der Waals surface area contributed by atoms with Crippen molar-refractivity contribution in [2.75, 3.05) is 7.11 Å². The first kappa shape index (κ1) is 16.9. The van der Waals surface area contributed by atoms with E-state index >= 15 is 0 Å². The molecule has 0 saturated carbocycles. The smallest absolute Gasteiger partial charge is 0.237 e. The van der Waals surface area contributed by atoms with Gasteiger partial charge >= 0.3 is 0 Å². The van der Waals surface area contributed by atoms with Crippen LogP contribution in [0.4, 0.5) is 0 Å². The number of rotatable bonds is 6. The summed E-state index contributed by atoms with van der Waals surface area (Å²) < 4.78 is 12.4. The number of ether oxygens (including phenoxy) is 1.